The zero-order valence-corrected chi connectivity index (χ0v) is 13.5. The van der Waals surface area contributed by atoms with Crippen molar-refractivity contribution in [3.8, 4) is 10.6 Å². The van der Waals surface area contributed by atoms with Crippen LogP contribution in [0.15, 0.2) is 22.5 Å². The van der Waals surface area contributed by atoms with Crippen molar-refractivity contribution >= 4 is 33.0 Å². The van der Waals surface area contributed by atoms with Crippen LogP contribution in [0.3, 0.4) is 0 Å². The summed E-state index contributed by atoms with van der Waals surface area (Å²) in [6, 6.07) is 1.63. The molecule has 0 atom stereocenters. The van der Waals surface area contributed by atoms with Crippen LogP contribution < -0.4 is 9.21 Å². The number of anilines is 2. The maximum Gasteiger partial charge on any atom is 0.265 e. The standard InChI is InChI=1S/C13H14N4O3S2/c1-16-9-8-14-13(17-3-5-20-6-4-17)15-11(9)12-10(2-7-21-12)22(16,18)19/h2,7-8H,3-6H2,1H3. The largest absolute Gasteiger partial charge is 0.378 e. The summed E-state index contributed by atoms with van der Waals surface area (Å²) in [5, 5.41) is 1.78. The van der Waals surface area contributed by atoms with Gasteiger partial charge in [-0.1, -0.05) is 0 Å². The molecule has 2 aliphatic rings. The molecule has 0 radical (unpaired) electrons. The van der Waals surface area contributed by atoms with Gasteiger partial charge in [-0.05, 0) is 11.4 Å². The number of rotatable bonds is 1. The Morgan fingerprint density at radius 2 is 2.09 bits per heavy atom. The zero-order chi connectivity index (χ0) is 15.3. The normalized spacial score (nSPS) is 19.7. The van der Waals surface area contributed by atoms with Crippen molar-refractivity contribution in [2.45, 2.75) is 4.90 Å². The quantitative estimate of drug-likeness (QED) is 0.777. The number of nitrogens with zero attached hydrogens (tertiary/aromatic N) is 4. The van der Waals surface area contributed by atoms with Crippen molar-refractivity contribution < 1.29 is 13.2 Å². The van der Waals surface area contributed by atoms with Crippen molar-refractivity contribution in [2.75, 3.05) is 42.6 Å². The van der Waals surface area contributed by atoms with Crippen LogP contribution in [0.2, 0.25) is 0 Å². The van der Waals surface area contributed by atoms with Gasteiger partial charge in [0.15, 0.2) is 0 Å². The van der Waals surface area contributed by atoms with Gasteiger partial charge in [0.25, 0.3) is 10.0 Å². The molecule has 0 spiro atoms. The van der Waals surface area contributed by atoms with E-state index in [9.17, 15) is 8.42 Å². The minimum Gasteiger partial charge on any atom is -0.378 e. The number of aromatic nitrogens is 2. The summed E-state index contributed by atoms with van der Waals surface area (Å²) in [7, 11) is -1.96. The molecule has 2 aromatic rings. The predicted molar refractivity (Wildman–Crippen MR) is 84.0 cm³/mol. The molecule has 0 N–H and O–H groups in total. The second-order valence-corrected chi connectivity index (χ2v) is 7.94. The van der Waals surface area contributed by atoms with Crippen molar-refractivity contribution in [1.82, 2.24) is 9.97 Å². The predicted octanol–water partition coefficient (Wildman–Crippen LogP) is 1.18. The number of fused-ring (bicyclic) bond motifs is 3. The molecule has 0 aromatic carbocycles. The van der Waals surface area contributed by atoms with Crippen LogP contribution in [-0.4, -0.2) is 51.7 Å². The van der Waals surface area contributed by atoms with Crippen molar-refractivity contribution in [1.29, 1.82) is 0 Å². The molecule has 1 saturated heterocycles. The van der Waals surface area contributed by atoms with E-state index in [0.29, 0.717) is 40.3 Å². The van der Waals surface area contributed by atoms with Gasteiger partial charge in [0.2, 0.25) is 5.95 Å². The maximum absolute atomic E-state index is 12.5. The second-order valence-electron chi connectivity index (χ2n) is 5.09. The lowest BCUT2D eigenvalue weighted by Gasteiger charge is -2.29. The van der Waals surface area contributed by atoms with E-state index in [1.54, 1.807) is 17.6 Å². The molecule has 0 amide bonds. The minimum absolute atomic E-state index is 0.319. The van der Waals surface area contributed by atoms with E-state index >= 15 is 0 Å². The first-order valence-corrected chi connectivity index (χ1v) is 9.17. The molecule has 4 heterocycles. The molecule has 7 nitrogen and oxygen atoms in total. The Hall–Kier alpha value is -1.71. The molecule has 116 valence electrons. The Bertz CT molecular complexity index is 828. The average Bonchev–Trinajstić information content (AvgIpc) is 3.04. The SMILES string of the molecule is CN1c2cnc(N3CCOCC3)nc2-c2sccc2S1(=O)=O. The van der Waals surface area contributed by atoms with Crippen LogP contribution in [0.1, 0.15) is 0 Å². The molecule has 0 aliphatic carbocycles. The number of morpholine rings is 1. The molecule has 22 heavy (non-hydrogen) atoms. The Morgan fingerprint density at radius 3 is 2.86 bits per heavy atom. The van der Waals surface area contributed by atoms with Gasteiger partial charge in [0, 0.05) is 20.1 Å². The van der Waals surface area contributed by atoms with Crippen LogP contribution in [-0.2, 0) is 14.8 Å². The second kappa shape index (κ2) is 4.90. The first-order valence-electron chi connectivity index (χ1n) is 6.85. The third-order valence-corrected chi connectivity index (χ3v) is 6.74. The Morgan fingerprint density at radius 1 is 1.32 bits per heavy atom. The Balaban J connectivity index is 1.86. The fraction of sp³-hybridized carbons (Fsp3) is 0.385. The minimum atomic E-state index is -3.50. The summed E-state index contributed by atoms with van der Waals surface area (Å²) in [5.41, 5.74) is 1.20. The monoisotopic (exact) mass is 338 g/mol. The first kappa shape index (κ1) is 13.9. The first-order chi connectivity index (χ1) is 10.6. The summed E-state index contributed by atoms with van der Waals surface area (Å²) in [6.07, 6.45) is 1.59. The van der Waals surface area contributed by atoms with Crippen LogP contribution in [0.4, 0.5) is 11.6 Å². The summed E-state index contributed by atoms with van der Waals surface area (Å²) < 4.78 is 31.5. The summed E-state index contributed by atoms with van der Waals surface area (Å²) in [6.45, 7) is 2.78. The highest BCUT2D eigenvalue weighted by Crippen LogP contribution is 2.44. The molecular formula is C13H14N4O3S2. The zero-order valence-electron chi connectivity index (χ0n) is 11.9. The molecule has 0 unspecified atom stereocenters. The molecule has 1 fully saturated rings. The van der Waals surface area contributed by atoms with Gasteiger partial charge >= 0.3 is 0 Å². The lowest BCUT2D eigenvalue weighted by molar-refractivity contribution is 0.122. The Kier molecular flexibility index (Phi) is 3.10. The molecule has 9 heteroatoms. The Labute approximate surface area is 132 Å². The smallest absolute Gasteiger partial charge is 0.265 e. The highest BCUT2D eigenvalue weighted by atomic mass is 32.2. The van der Waals surface area contributed by atoms with Crippen molar-refractivity contribution in [3.05, 3.63) is 17.6 Å². The number of hydrogen-bond donors (Lipinski definition) is 0. The van der Waals surface area contributed by atoms with Crippen molar-refractivity contribution in [2.24, 2.45) is 0 Å². The van der Waals surface area contributed by atoms with Gasteiger partial charge in [0.05, 0.1) is 30.0 Å². The van der Waals surface area contributed by atoms with Gasteiger partial charge < -0.3 is 9.64 Å². The van der Waals surface area contributed by atoms with E-state index in [1.165, 1.54) is 22.7 Å². The van der Waals surface area contributed by atoms with Crippen LogP contribution in [0, 0.1) is 0 Å². The number of sulfonamides is 1. The fourth-order valence-corrected chi connectivity index (χ4v) is 5.22. The topological polar surface area (TPSA) is 75.6 Å². The van der Waals surface area contributed by atoms with Crippen LogP contribution >= 0.6 is 11.3 Å². The van der Waals surface area contributed by atoms with E-state index < -0.39 is 10.0 Å². The average molecular weight is 338 g/mol. The summed E-state index contributed by atoms with van der Waals surface area (Å²) >= 11 is 1.39. The lowest BCUT2D eigenvalue weighted by Crippen LogP contribution is -2.38. The van der Waals surface area contributed by atoms with Gasteiger partial charge in [-0.2, -0.15) is 0 Å². The molecule has 0 bridgehead atoms. The molecule has 0 saturated carbocycles. The van der Waals surface area contributed by atoms with Gasteiger partial charge in [0.1, 0.15) is 10.6 Å². The van der Waals surface area contributed by atoms with E-state index in [-0.39, 0.29) is 0 Å². The van der Waals surface area contributed by atoms with Crippen LogP contribution in [0.5, 0.6) is 0 Å². The molecule has 2 aromatic heterocycles. The molecule has 2 aliphatic heterocycles. The van der Waals surface area contributed by atoms with E-state index in [1.807, 2.05) is 0 Å². The fourth-order valence-electron chi connectivity index (χ4n) is 2.63. The summed E-state index contributed by atoms with van der Waals surface area (Å²) in [4.78, 5) is 12.0. The van der Waals surface area contributed by atoms with E-state index in [0.717, 1.165) is 13.1 Å². The van der Waals surface area contributed by atoms with Crippen LogP contribution in [0.25, 0.3) is 10.6 Å². The maximum atomic E-state index is 12.5. The third-order valence-electron chi connectivity index (χ3n) is 3.87. The van der Waals surface area contributed by atoms with Gasteiger partial charge in [-0.15, -0.1) is 11.3 Å². The highest BCUT2D eigenvalue weighted by Gasteiger charge is 2.35. The number of hydrogen-bond acceptors (Lipinski definition) is 7. The highest BCUT2D eigenvalue weighted by molar-refractivity contribution is 7.93. The number of ether oxygens (including phenoxy) is 1. The van der Waals surface area contributed by atoms with Gasteiger partial charge in [-0.3, -0.25) is 4.31 Å². The van der Waals surface area contributed by atoms with E-state index in [2.05, 4.69) is 14.9 Å². The molecule has 4 rings (SSSR count). The van der Waals surface area contributed by atoms with Crippen molar-refractivity contribution in [3.63, 3.8) is 0 Å². The lowest BCUT2D eigenvalue weighted by atomic mass is 10.3. The third kappa shape index (κ3) is 1.93. The summed E-state index contributed by atoms with van der Waals surface area (Å²) in [5.74, 6) is 0.620. The number of thiophene rings is 1. The van der Waals surface area contributed by atoms with E-state index in [4.69, 9.17) is 4.74 Å². The van der Waals surface area contributed by atoms with Gasteiger partial charge in [-0.25, -0.2) is 18.4 Å². The molecular weight excluding hydrogens is 324 g/mol.